The predicted molar refractivity (Wildman–Crippen MR) is 115 cm³/mol. The van der Waals surface area contributed by atoms with Crippen molar-refractivity contribution in [3.63, 3.8) is 0 Å². The fourth-order valence-corrected chi connectivity index (χ4v) is 9.13. The number of hydrogen-bond acceptors (Lipinski definition) is 3. The molecular formula is C26H40O3. The van der Waals surface area contributed by atoms with Gasteiger partial charge in [0.25, 0.3) is 0 Å². The van der Waals surface area contributed by atoms with E-state index in [9.17, 15) is 9.59 Å². The molecule has 0 aromatic rings. The summed E-state index contributed by atoms with van der Waals surface area (Å²) in [6.07, 6.45) is 12.4. The molecule has 0 saturated heterocycles. The maximum absolute atomic E-state index is 12.1. The lowest BCUT2D eigenvalue weighted by Crippen LogP contribution is -2.64. The van der Waals surface area contributed by atoms with E-state index in [1.165, 1.54) is 39.0 Å². The summed E-state index contributed by atoms with van der Waals surface area (Å²) >= 11 is 0. The Labute approximate surface area is 177 Å². The van der Waals surface area contributed by atoms with Crippen LogP contribution in [0.4, 0.5) is 0 Å². The zero-order valence-electron chi connectivity index (χ0n) is 19.3. The minimum absolute atomic E-state index is 0.126. The standard InChI is InChI=1S/C26H40O3/c1-17(28)29-22-14-21-24(4)12-7-11-23(2,3)19(24)10-13-25(21,5)20-9-8-18(16-27)15-26(20,22)6/h15-16,19-22H,7-14H2,1-6H3/t19-,20-,21+,22+,24-,25-,26+/m0/s1. The van der Waals surface area contributed by atoms with Gasteiger partial charge in [-0.2, -0.15) is 0 Å². The summed E-state index contributed by atoms with van der Waals surface area (Å²) in [5.74, 6) is 1.59. The van der Waals surface area contributed by atoms with Crippen LogP contribution in [0.25, 0.3) is 0 Å². The fourth-order valence-electron chi connectivity index (χ4n) is 9.13. The van der Waals surface area contributed by atoms with Crippen LogP contribution in [0, 0.1) is 39.4 Å². The second-order valence-corrected chi connectivity index (χ2v) is 12.1. The van der Waals surface area contributed by atoms with Gasteiger partial charge in [0, 0.05) is 12.3 Å². The first-order valence-corrected chi connectivity index (χ1v) is 11.8. The van der Waals surface area contributed by atoms with Crippen molar-refractivity contribution in [1.29, 1.82) is 0 Å². The molecule has 3 heteroatoms. The van der Waals surface area contributed by atoms with Gasteiger partial charge in [-0.3, -0.25) is 9.59 Å². The minimum Gasteiger partial charge on any atom is -0.462 e. The molecule has 0 heterocycles. The van der Waals surface area contributed by atoms with E-state index in [2.05, 4.69) is 40.7 Å². The van der Waals surface area contributed by atoms with Gasteiger partial charge in [-0.05, 0) is 84.5 Å². The smallest absolute Gasteiger partial charge is 0.302 e. The van der Waals surface area contributed by atoms with E-state index in [4.69, 9.17) is 4.74 Å². The second-order valence-electron chi connectivity index (χ2n) is 12.1. The zero-order chi connectivity index (χ0) is 21.2. The second kappa shape index (κ2) is 6.69. The topological polar surface area (TPSA) is 43.4 Å². The third kappa shape index (κ3) is 2.97. The molecule has 0 N–H and O–H groups in total. The van der Waals surface area contributed by atoms with Gasteiger partial charge >= 0.3 is 5.97 Å². The van der Waals surface area contributed by atoms with Crippen LogP contribution >= 0.6 is 0 Å². The molecule has 0 amide bonds. The molecule has 0 aromatic heterocycles. The van der Waals surface area contributed by atoms with Crippen molar-refractivity contribution in [2.24, 2.45) is 39.4 Å². The Morgan fingerprint density at radius 1 is 1.00 bits per heavy atom. The van der Waals surface area contributed by atoms with Crippen LogP contribution in [-0.4, -0.2) is 18.4 Å². The number of carbonyl (C=O) groups excluding carboxylic acids is 2. The SMILES string of the molecule is CC(=O)O[C@@H]1C[C@H]2[C@@](C)(CC[C@H]3C(C)(C)CCC[C@]23C)[C@@H]2CCC(C=O)=C[C@]21C. The van der Waals surface area contributed by atoms with Crippen molar-refractivity contribution in [3.05, 3.63) is 11.6 Å². The number of esters is 1. The first-order chi connectivity index (χ1) is 13.5. The van der Waals surface area contributed by atoms with Crippen LogP contribution in [0.5, 0.6) is 0 Å². The summed E-state index contributed by atoms with van der Waals surface area (Å²) in [4.78, 5) is 23.7. The molecule has 0 aromatic carbocycles. The van der Waals surface area contributed by atoms with Gasteiger partial charge in [0.1, 0.15) is 12.4 Å². The summed E-state index contributed by atoms with van der Waals surface area (Å²) < 4.78 is 6.03. The number of rotatable bonds is 2. The highest BCUT2D eigenvalue weighted by atomic mass is 16.5. The third-order valence-corrected chi connectivity index (χ3v) is 10.2. The minimum atomic E-state index is -0.237. The molecule has 0 unspecified atom stereocenters. The molecule has 4 rings (SSSR count). The third-order valence-electron chi connectivity index (χ3n) is 10.2. The molecule has 162 valence electrons. The van der Waals surface area contributed by atoms with Crippen molar-refractivity contribution < 1.29 is 14.3 Å². The zero-order valence-corrected chi connectivity index (χ0v) is 19.3. The Morgan fingerprint density at radius 3 is 2.34 bits per heavy atom. The predicted octanol–water partition coefficient (Wildman–Crippen LogP) is 6.11. The van der Waals surface area contributed by atoms with E-state index >= 15 is 0 Å². The highest BCUT2D eigenvalue weighted by Gasteiger charge is 2.66. The largest absolute Gasteiger partial charge is 0.462 e. The molecule has 3 fully saturated rings. The van der Waals surface area contributed by atoms with Crippen molar-refractivity contribution in [3.8, 4) is 0 Å². The normalized spacial score (nSPS) is 48.4. The molecular weight excluding hydrogens is 360 g/mol. The van der Waals surface area contributed by atoms with E-state index in [1.807, 2.05) is 0 Å². The Bertz CT molecular complexity index is 736. The molecule has 4 aliphatic carbocycles. The summed E-state index contributed by atoms with van der Waals surface area (Å²) in [6, 6.07) is 0. The first kappa shape index (κ1) is 21.1. The molecule has 0 radical (unpaired) electrons. The summed E-state index contributed by atoms with van der Waals surface area (Å²) in [5.41, 5.74) is 1.60. The van der Waals surface area contributed by atoms with Crippen LogP contribution in [0.1, 0.15) is 92.9 Å². The number of carbonyl (C=O) groups is 2. The number of ether oxygens (including phenoxy) is 1. The first-order valence-electron chi connectivity index (χ1n) is 11.8. The number of aldehydes is 1. The van der Waals surface area contributed by atoms with Gasteiger partial charge in [-0.15, -0.1) is 0 Å². The van der Waals surface area contributed by atoms with E-state index in [1.54, 1.807) is 0 Å². The highest BCUT2D eigenvalue weighted by molar-refractivity contribution is 5.74. The van der Waals surface area contributed by atoms with E-state index in [-0.39, 0.29) is 22.9 Å². The number of fused-ring (bicyclic) bond motifs is 5. The Morgan fingerprint density at radius 2 is 1.69 bits per heavy atom. The van der Waals surface area contributed by atoms with Gasteiger partial charge in [-0.25, -0.2) is 0 Å². The lowest BCUT2D eigenvalue weighted by Gasteiger charge is -2.69. The van der Waals surface area contributed by atoms with Crippen LogP contribution in [0.3, 0.4) is 0 Å². The molecule has 0 spiro atoms. The maximum Gasteiger partial charge on any atom is 0.302 e. The lowest BCUT2D eigenvalue weighted by atomic mass is 9.36. The van der Waals surface area contributed by atoms with Crippen molar-refractivity contribution in [1.82, 2.24) is 0 Å². The van der Waals surface area contributed by atoms with Crippen LogP contribution < -0.4 is 0 Å². The summed E-state index contributed by atoms with van der Waals surface area (Å²) in [7, 11) is 0. The molecule has 3 saturated carbocycles. The average molecular weight is 401 g/mol. The summed E-state index contributed by atoms with van der Waals surface area (Å²) in [5, 5.41) is 0. The van der Waals surface area contributed by atoms with Crippen LogP contribution in [-0.2, 0) is 14.3 Å². The van der Waals surface area contributed by atoms with Crippen molar-refractivity contribution in [2.45, 2.75) is 99.0 Å². The highest BCUT2D eigenvalue weighted by Crippen LogP contribution is 2.72. The lowest BCUT2D eigenvalue weighted by molar-refractivity contribution is -0.223. The Hall–Kier alpha value is -1.12. The molecule has 7 atom stereocenters. The van der Waals surface area contributed by atoms with E-state index < -0.39 is 0 Å². The fraction of sp³-hybridized carbons (Fsp3) is 0.846. The Balaban J connectivity index is 1.81. The van der Waals surface area contributed by atoms with Gasteiger partial charge in [-0.1, -0.05) is 47.1 Å². The maximum atomic E-state index is 12.1. The Kier molecular flexibility index (Phi) is 4.87. The summed E-state index contributed by atoms with van der Waals surface area (Å²) in [6.45, 7) is 13.8. The molecule has 29 heavy (non-hydrogen) atoms. The van der Waals surface area contributed by atoms with Crippen LogP contribution in [0.2, 0.25) is 0 Å². The molecule has 3 nitrogen and oxygen atoms in total. The van der Waals surface area contributed by atoms with E-state index in [0.29, 0.717) is 22.7 Å². The van der Waals surface area contributed by atoms with Gasteiger partial charge < -0.3 is 4.74 Å². The number of allylic oxidation sites excluding steroid dienone is 1. The van der Waals surface area contributed by atoms with Crippen molar-refractivity contribution in [2.75, 3.05) is 0 Å². The quantitative estimate of drug-likeness (QED) is 0.415. The number of hydrogen-bond donors (Lipinski definition) is 0. The molecule has 0 bridgehead atoms. The van der Waals surface area contributed by atoms with E-state index in [0.717, 1.165) is 37.0 Å². The van der Waals surface area contributed by atoms with Gasteiger partial charge in [0.2, 0.25) is 0 Å². The van der Waals surface area contributed by atoms with Gasteiger partial charge in [0.15, 0.2) is 0 Å². The molecule has 0 aliphatic heterocycles. The molecule has 4 aliphatic rings. The average Bonchev–Trinajstić information content (AvgIpc) is 2.61. The van der Waals surface area contributed by atoms with Crippen LogP contribution in [0.15, 0.2) is 11.6 Å². The van der Waals surface area contributed by atoms with Gasteiger partial charge in [0.05, 0.1) is 0 Å². The van der Waals surface area contributed by atoms with Crippen molar-refractivity contribution >= 4 is 12.3 Å². The monoisotopic (exact) mass is 400 g/mol.